The Labute approximate surface area is 103 Å². The second-order valence-electron chi connectivity index (χ2n) is 4.68. The van der Waals surface area contributed by atoms with E-state index < -0.39 is 0 Å². The minimum absolute atomic E-state index is 0.640. The van der Waals surface area contributed by atoms with Crippen molar-refractivity contribution in [3.63, 3.8) is 0 Å². The van der Waals surface area contributed by atoms with E-state index in [1.54, 1.807) is 0 Å². The van der Waals surface area contributed by atoms with Gasteiger partial charge in [-0.15, -0.1) is 0 Å². The summed E-state index contributed by atoms with van der Waals surface area (Å²) in [5, 5.41) is 3.44. The maximum Gasteiger partial charge on any atom is 0.134 e. The molecule has 2 rings (SSSR count). The quantitative estimate of drug-likeness (QED) is 0.767. The molecule has 2 heterocycles. The topological polar surface area (TPSA) is 39.1 Å². The average molecular weight is 237 g/mol. The molecule has 1 aromatic heterocycles. The van der Waals surface area contributed by atoms with Gasteiger partial charge >= 0.3 is 0 Å². The number of ether oxygens (including phenoxy) is 1. The molecule has 1 aromatic rings. The molecule has 1 aliphatic rings. The highest BCUT2D eigenvalue weighted by atomic mass is 16.5. The van der Waals surface area contributed by atoms with E-state index in [0.29, 0.717) is 6.61 Å². The molecular weight excluding hydrogens is 214 g/mol. The van der Waals surface area contributed by atoms with E-state index in [9.17, 15) is 0 Å². The third-order valence-corrected chi connectivity index (χ3v) is 3.44. The highest BCUT2D eigenvalue weighted by Crippen LogP contribution is 2.14. The van der Waals surface area contributed by atoms with Crippen LogP contribution in [0.2, 0.25) is 0 Å². The Bertz CT molecular complexity index is 318. The number of nitrogens with one attached hydrogen (secondary N) is 1. The minimum atomic E-state index is 0.640. The van der Waals surface area contributed by atoms with Gasteiger partial charge < -0.3 is 14.6 Å². The Morgan fingerprint density at radius 3 is 3.29 bits per heavy atom. The summed E-state index contributed by atoms with van der Waals surface area (Å²) in [6, 6.07) is 0. The number of imidazole rings is 1. The first-order valence-electron chi connectivity index (χ1n) is 6.68. The number of hydrogen-bond donors (Lipinski definition) is 1. The van der Waals surface area contributed by atoms with Crippen LogP contribution in [0.5, 0.6) is 0 Å². The number of piperidine rings is 1. The first-order chi connectivity index (χ1) is 8.40. The molecule has 1 saturated heterocycles. The van der Waals surface area contributed by atoms with Gasteiger partial charge in [-0.05, 0) is 45.2 Å². The summed E-state index contributed by atoms with van der Waals surface area (Å²) in [5.41, 5.74) is 0. The first kappa shape index (κ1) is 12.6. The molecule has 1 aliphatic heterocycles. The van der Waals surface area contributed by atoms with Gasteiger partial charge in [0.2, 0.25) is 0 Å². The molecule has 17 heavy (non-hydrogen) atoms. The van der Waals surface area contributed by atoms with Gasteiger partial charge in [0.05, 0.1) is 0 Å². The monoisotopic (exact) mass is 237 g/mol. The van der Waals surface area contributed by atoms with Crippen LogP contribution in [0.4, 0.5) is 0 Å². The largest absolute Gasteiger partial charge is 0.374 e. The number of rotatable bonds is 6. The SMILES string of the molecule is CCn1ccnc1COCCC1CCCNC1. The van der Waals surface area contributed by atoms with Crippen LogP contribution in [0.25, 0.3) is 0 Å². The van der Waals surface area contributed by atoms with Crippen molar-refractivity contribution in [3.8, 4) is 0 Å². The fraction of sp³-hybridized carbons (Fsp3) is 0.769. The molecule has 1 atom stereocenters. The lowest BCUT2D eigenvalue weighted by Crippen LogP contribution is -2.30. The van der Waals surface area contributed by atoms with Crippen LogP contribution < -0.4 is 5.32 Å². The summed E-state index contributed by atoms with van der Waals surface area (Å²) in [7, 11) is 0. The van der Waals surface area contributed by atoms with Crippen molar-refractivity contribution in [1.29, 1.82) is 0 Å². The zero-order valence-electron chi connectivity index (χ0n) is 10.7. The van der Waals surface area contributed by atoms with Crippen LogP contribution in [-0.2, 0) is 17.9 Å². The summed E-state index contributed by atoms with van der Waals surface area (Å²) in [5.74, 6) is 1.84. The number of aryl methyl sites for hydroxylation is 1. The molecule has 1 N–H and O–H groups in total. The summed E-state index contributed by atoms with van der Waals surface area (Å²) in [6.07, 6.45) is 7.67. The Hall–Kier alpha value is -0.870. The van der Waals surface area contributed by atoms with Gasteiger partial charge in [-0.3, -0.25) is 0 Å². The van der Waals surface area contributed by atoms with Gasteiger partial charge in [0.25, 0.3) is 0 Å². The van der Waals surface area contributed by atoms with Crippen LogP contribution in [0, 0.1) is 5.92 Å². The molecule has 0 aliphatic carbocycles. The van der Waals surface area contributed by atoms with Gasteiger partial charge in [-0.2, -0.15) is 0 Å². The van der Waals surface area contributed by atoms with Crippen LogP contribution in [0.3, 0.4) is 0 Å². The number of nitrogens with zero attached hydrogens (tertiary/aromatic N) is 2. The fourth-order valence-electron chi connectivity index (χ4n) is 2.35. The summed E-state index contributed by atoms with van der Waals surface area (Å²) >= 11 is 0. The maximum absolute atomic E-state index is 5.71. The molecule has 0 bridgehead atoms. The van der Waals surface area contributed by atoms with Crippen LogP contribution in [-0.4, -0.2) is 29.2 Å². The molecule has 4 heteroatoms. The molecule has 0 aromatic carbocycles. The van der Waals surface area contributed by atoms with E-state index >= 15 is 0 Å². The van der Waals surface area contributed by atoms with Crippen molar-refractivity contribution in [2.45, 2.75) is 39.3 Å². The molecule has 0 saturated carbocycles. The number of hydrogen-bond acceptors (Lipinski definition) is 3. The highest BCUT2D eigenvalue weighted by molar-refractivity contribution is 4.89. The van der Waals surface area contributed by atoms with Crippen molar-refractivity contribution in [2.24, 2.45) is 5.92 Å². The van der Waals surface area contributed by atoms with Gasteiger partial charge in [0.15, 0.2) is 0 Å². The molecule has 0 spiro atoms. The van der Waals surface area contributed by atoms with Crippen LogP contribution in [0.1, 0.15) is 32.0 Å². The van der Waals surface area contributed by atoms with Crippen molar-refractivity contribution in [1.82, 2.24) is 14.9 Å². The molecular formula is C13H23N3O. The zero-order valence-corrected chi connectivity index (χ0v) is 10.7. The first-order valence-corrected chi connectivity index (χ1v) is 6.68. The van der Waals surface area contributed by atoms with Gasteiger partial charge in [-0.1, -0.05) is 0 Å². The predicted molar refractivity (Wildman–Crippen MR) is 67.8 cm³/mol. The Kier molecular flexibility index (Phi) is 5.01. The molecule has 4 nitrogen and oxygen atoms in total. The van der Waals surface area contributed by atoms with Gasteiger partial charge in [0, 0.05) is 25.5 Å². The standard InChI is InChI=1S/C13H23N3O/c1-2-16-8-7-15-13(16)11-17-9-5-12-4-3-6-14-10-12/h7-8,12,14H,2-6,9-11H2,1H3. The Morgan fingerprint density at radius 2 is 2.53 bits per heavy atom. The highest BCUT2D eigenvalue weighted by Gasteiger charge is 2.12. The van der Waals surface area contributed by atoms with Crippen LogP contribution in [0.15, 0.2) is 12.4 Å². The van der Waals surface area contributed by atoms with E-state index in [4.69, 9.17) is 4.74 Å². The van der Waals surface area contributed by atoms with Crippen molar-refractivity contribution in [3.05, 3.63) is 18.2 Å². The van der Waals surface area contributed by atoms with Crippen LogP contribution >= 0.6 is 0 Å². The lowest BCUT2D eigenvalue weighted by molar-refractivity contribution is 0.0967. The molecule has 1 unspecified atom stereocenters. The third-order valence-electron chi connectivity index (χ3n) is 3.44. The van der Waals surface area contributed by atoms with E-state index in [-0.39, 0.29) is 0 Å². The molecule has 0 radical (unpaired) electrons. The van der Waals surface area contributed by atoms with Crippen molar-refractivity contribution < 1.29 is 4.74 Å². The fourth-order valence-corrected chi connectivity index (χ4v) is 2.35. The molecule has 96 valence electrons. The minimum Gasteiger partial charge on any atom is -0.374 e. The van der Waals surface area contributed by atoms with E-state index in [2.05, 4.69) is 21.8 Å². The number of aromatic nitrogens is 2. The lowest BCUT2D eigenvalue weighted by Gasteiger charge is -2.22. The predicted octanol–water partition coefficient (Wildman–Crippen LogP) is 1.81. The summed E-state index contributed by atoms with van der Waals surface area (Å²) in [4.78, 5) is 4.30. The Balaban J connectivity index is 1.62. The molecule has 0 amide bonds. The van der Waals surface area contributed by atoms with E-state index in [0.717, 1.165) is 31.4 Å². The smallest absolute Gasteiger partial charge is 0.134 e. The average Bonchev–Trinajstić information content (AvgIpc) is 2.83. The maximum atomic E-state index is 5.71. The second kappa shape index (κ2) is 6.77. The van der Waals surface area contributed by atoms with E-state index in [1.807, 2.05) is 12.4 Å². The van der Waals surface area contributed by atoms with Crippen molar-refractivity contribution >= 4 is 0 Å². The van der Waals surface area contributed by atoms with Crippen molar-refractivity contribution in [2.75, 3.05) is 19.7 Å². The summed E-state index contributed by atoms with van der Waals surface area (Å²) < 4.78 is 7.84. The van der Waals surface area contributed by atoms with Gasteiger partial charge in [-0.25, -0.2) is 4.98 Å². The lowest BCUT2D eigenvalue weighted by atomic mass is 9.97. The molecule has 1 fully saturated rings. The zero-order chi connectivity index (χ0) is 11.9. The second-order valence-corrected chi connectivity index (χ2v) is 4.68. The third kappa shape index (κ3) is 3.82. The summed E-state index contributed by atoms with van der Waals surface area (Å²) in [6.45, 7) is 6.92. The Morgan fingerprint density at radius 1 is 1.59 bits per heavy atom. The van der Waals surface area contributed by atoms with Gasteiger partial charge in [0.1, 0.15) is 12.4 Å². The van der Waals surface area contributed by atoms with E-state index in [1.165, 1.54) is 25.8 Å². The normalized spacial score (nSPS) is 20.6.